The molecule has 0 spiro atoms. The second-order valence-electron chi connectivity index (χ2n) is 6.89. The van der Waals surface area contributed by atoms with Crippen molar-refractivity contribution in [3.8, 4) is 0 Å². The largest absolute Gasteiger partial charge is 0.376 e. The molecule has 146 valence electrons. The first kappa shape index (κ1) is 21.4. The molecule has 0 radical (unpaired) electrons. The Hall–Kier alpha value is -0.860. The number of likely N-dealkylation sites (tertiary alicyclic amines) is 1. The van der Waals surface area contributed by atoms with Crippen LogP contribution in [0.1, 0.15) is 37.7 Å². The number of nitrogens with one attached hydrogen (secondary N) is 1. The van der Waals surface area contributed by atoms with Gasteiger partial charge in [-0.15, -0.1) is 24.0 Å². The predicted molar refractivity (Wildman–Crippen MR) is 116 cm³/mol. The number of nitrogens with zero attached hydrogens (tertiary/aromatic N) is 2. The highest BCUT2D eigenvalue weighted by Gasteiger charge is 2.23. The third-order valence-corrected chi connectivity index (χ3v) is 5.04. The van der Waals surface area contributed by atoms with E-state index in [1.807, 2.05) is 13.1 Å². The van der Waals surface area contributed by atoms with Crippen LogP contribution in [-0.4, -0.2) is 56.4 Å². The van der Waals surface area contributed by atoms with E-state index in [2.05, 4.69) is 39.5 Å². The zero-order chi connectivity index (χ0) is 17.3. The Morgan fingerprint density at radius 1 is 1.19 bits per heavy atom. The van der Waals surface area contributed by atoms with Crippen molar-refractivity contribution in [2.24, 2.45) is 4.99 Å². The van der Waals surface area contributed by atoms with Crippen molar-refractivity contribution in [3.63, 3.8) is 0 Å². The quantitative estimate of drug-likeness (QED) is 0.405. The van der Waals surface area contributed by atoms with Gasteiger partial charge in [0.15, 0.2) is 5.96 Å². The van der Waals surface area contributed by atoms with Gasteiger partial charge in [0.2, 0.25) is 0 Å². The topological polar surface area (TPSA) is 46.1 Å². The van der Waals surface area contributed by atoms with E-state index in [0.29, 0.717) is 12.2 Å². The first-order valence-corrected chi connectivity index (χ1v) is 9.58. The Morgan fingerprint density at radius 2 is 1.96 bits per heavy atom. The summed E-state index contributed by atoms with van der Waals surface area (Å²) in [6.07, 6.45) is 6.40. The zero-order valence-corrected chi connectivity index (χ0v) is 18.1. The summed E-state index contributed by atoms with van der Waals surface area (Å²) < 4.78 is 11.9. The van der Waals surface area contributed by atoms with Crippen LogP contribution in [0.15, 0.2) is 35.3 Å². The lowest BCUT2D eigenvalue weighted by molar-refractivity contribution is -0.0721. The van der Waals surface area contributed by atoms with Crippen molar-refractivity contribution in [1.29, 1.82) is 0 Å². The second kappa shape index (κ2) is 11.8. The molecule has 3 rings (SSSR count). The van der Waals surface area contributed by atoms with Crippen molar-refractivity contribution >= 4 is 29.9 Å². The Kier molecular flexibility index (Phi) is 9.71. The summed E-state index contributed by atoms with van der Waals surface area (Å²) in [6, 6.07) is 10.4. The molecular weight excluding hydrogens is 441 g/mol. The molecule has 2 heterocycles. The average Bonchev–Trinajstić information content (AvgIpc) is 2.69. The van der Waals surface area contributed by atoms with Gasteiger partial charge < -0.3 is 19.7 Å². The third-order valence-electron chi connectivity index (χ3n) is 5.04. The molecule has 5 nitrogen and oxygen atoms in total. The van der Waals surface area contributed by atoms with Crippen LogP contribution in [0.2, 0.25) is 0 Å². The van der Waals surface area contributed by atoms with E-state index in [0.717, 1.165) is 58.1 Å². The molecule has 0 amide bonds. The minimum absolute atomic E-state index is 0. The van der Waals surface area contributed by atoms with Gasteiger partial charge in [0.25, 0.3) is 0 Å². The minimum atomic E-state index is 0. The van der Waals surface area contributed by atoms with Crippen molar-refractivity contribution in [2.45, 2.75) is 50.9 Å². The first-order chi connectivity index (χ1) is 12.3. The maximum Gasteiger partial charge on any atom is 0.193 e. The van der Waals surface area contributed by atoms with E-state index >= 15 is 0 Å². The fourth-order valence-electron chi connectivity index (χ4n) is 3.53. The van der Waals surface area contributed by atoms with Gasteiger partial charge in [0, 0.05) is 33.3 Å². The van der Waals surface area contributed by atoms with Crippen LogP contribution in [0.5, 0.6) is 0 Å². The second-order valence-corrected chi connectivity index (χ2v) is 6.89. The van der Waals surface area contributed by atoms with Crippen molar-refractivity contribution in [3.05, 3.63) is 35.9 Å². The number of halogens is 1. The number of benzene rings is 1. The van der Waals surface area contributed by atoms with Crippen LogP contribution in [0.3, 0.4) is 0 Å². The van der Waals surface area contributed by atoms with Crippen LogP contribution < -0.4 is 5.32 Å². The Balaban J connectivity index is 0.00000243. The van der Waals surface area contributed by atoms with E-state index in [4.69, 9.17) is 9.47 Å². The van der Waals surface area contributed by atoms with Gasteiger partial charge in [-0.3, -0.25) is 4.99 Å². The molecule has 1 atom stereocenters. The fourth-order valence-corrected chi connectivity index (χ4v) is 3.53. The summed E-state index contributed by atoms with van der Waals surface area (Å²) in [5.74, 6) is 0.984. The van der Waals surface area contributed by atoms with E-state index in [-0.39, 0.29) is 24.0 Å². The van der Waals surface area contributed by atoms with Crippen LogP contribution >= 0.6 is 24.0 Å². The molecule has 0 aromatic heterocycles. The number of guanidine groups is 1. The number of hydrogen-bond donors (Lipinski definition) is 1. The van der Waals surface area contributed by atoms with Crippen molar-refractivity contribution in [1.82, 2.24) is 10.2 Å². The van der Waals surface area contributed by atoms with Crippen LogP contribution in [0, 0.1) is 0 Å². The highest BCUT2D eigenvalue weighted by Crippen LogP contribution is 2.18. The summed E-state index contributed by atoms with van der Waals surface area (Å²) in [4.78, 5) is 6.78. The third kappa shape index (κ3) is 6.70. The Morgan fingerprint density at radius 3 is 2.62 bits per heavy atom. The number of ether oxygens (including phenoxy) is 2. The van der Waals surface area contributed by atoms with E-state index < -0.39 is 0 Å². The summed E-state index contributed by atoms with van der Waals surface area (Å²) >= 11 is 0. The number of aliphatic imine (C=N–C) groups is 1. The lowest BCUT2D eigenvalue weighted by Crippen LogP contribution is -2.47. The molecule has 2 fully saturated rings. The first-order valence-electron chi connectivity index (χ1n) is 9.58. The molecule has 1 aromatic rings. The maximum atomic E-state index is 6.10. The van der Waals surface area contributed by atoms with Gasteiger partial charge in [-0.1, -0.05) is 30.3 Å². The molecule has 2 aliphatic rings. The smallest absolute Gasteiger partial charge is 0.193 e. The van der Waals surface area contributed by atoms with E-state index in [9.17, 15) is 0 Å². The van der Waals surface area contributed by atoms with E-state index in [1.54, 1.807) is 0 Å². The molecule has 0 aliphatic carbocycles. The summed E-state index contributed by atoms with van der Waals surface area (Å²) in [7, 11) is 1.86. The molecule has 26 heavy (non-hydrogen) atoms. The SMILES string of the molecule is CN=C(NCc1ccccc1)N1CCC(OCC2CCCCO2)CC1.I. The molecule has 1 unspecified atom stereocenters. The summed E-state index contributed by atoms with van der Waals surface area (Å²) in [5, 5.41) is 3.47. The molecular formula is C20H32IN3O2. The zero-order valence-electron chi connectivity index (χ0n) is 15.7. The molecule has 2 saturated heterocycles. The highest BCUT2D eigenvalue weighted by molar-refractivity contribution is 14.0. The minimum Gasteiger partial charge on any atom is -0.376 e. The predicted octanol–water partition coefficient (Wildman–Crippen LogP) is 3.43. The van der Waals surface area contributed by atoms with Crippen molar-refractivity contribution < 1.29 is 9.47 Å². The van der Waals surface area contributed by atoms with E-state index in [1.165, 1.54) is 18.4 Å². The molecule has 2 aliphatic heterocycles. The standard InChI is InChI=1S/C20H31N3O2.HI/c1-21-20(22-15-17-7-3-2-4-8-17)23-12-10-18(11-13-23)25-16-19-9-5-6-14-24-19;/h2-4,7-8,18-19H,5-6,9-16H2,1H3,(H,21,22);1H. The molecule has 0 saturated carbocycles. The van der Waals surface area contributed by atoms with Crippen LogP contribution in [0.25, 0.3) is 0 Å². The van der Waals surface area contributed by atoms with Gasteiger partial charge in [0.05, 0.1) is 18.8 Å². The summed E-state index contributed by atoms with van der Waals surface area (Å²) in [5.41, 5.74) is 1.27. The Labute approximate surface area is 174 Å². The lowest BCUT2D eigenvalue weighted by atomic mass is 10.1. The van der Waals surface area contributed by atoms with Gasteiger partial charge in [-0.25, -0.2) is 0 Å². The normalized spacial score (nSPS) is 22.0. The lowest BCUT2D eigenvalue weighted by Gasteiger charge is -2.35. The fraction of sp³-hybridized carbons (Fsp3) is 0.650. The van der Waals surface area contributed by atoms with Gasteiger partial charge in [0.1, 0.15) is 0 Å². The monoisotopic (exact) mass is 473 g/mol. The van der Waals surface area contributed by atoms with Gasteiger partial charge in [-0.2, -0.15) is 0 Å². The average molecular weight is 473 g/mol. The van der Waals surface area contributed by atoms with Crippen molar-refractivity contribution in [2.75, 3.05) is 33.4 Å². The van der Waals surface area contributed by atoms with Crippen LogP contribution in [-0.2, 0) is 16.0 Å². The number of rotatable bonds is 5. The summed E-state index contributed by atoms with van der Waals surface area (Å²) in [6.45, 7) is 4.44. The number of piperidine rings is 1. The van der Waals surface area contributed by atoms with Crippen LogP contribution in [0.4, 0.5) is 0 Å². The maximum absolute atomic E-state index is 6.10. The molecule has 1 N–H and O–H groups in total. The molecule has 6 heteroatoms. The highest BCUT2D eigenvalue weighted by atomic mass is 127. The number of hydrogen-bond acceptors (Lipinski definition) is 3. The van der Waals surface area contributed by atoms with Gasteiger partial charge in [-0.05, 0) is 37.7 Å². The molecule has 1 aromatic carbocycles. The van der Waals surface area contributed by atoms with Gasteiger partial charge >= 0.3 is 0 Å². The molecule has 0 bridgehead atoms. The Bertz CT molecular complexity index is 527.